The summed E-state index contributed by atoms with van der Waals surface area (Å²) in [5, 5.41) is 23.9. The fourth-order valence-corrected chi connectivity index (χ4v) is 1.42. The molecule has 0 radical (unpaired) electrons. The van der Waals surface area contributed by atoms with Crippen LogP contribution >= 0.6 is 11.6 Å². The number of nitro groups is 1. The van der Waals surface area contributed by atoms with Crippen molar-refractivity contribution in [2.75, 3.05) is 6.54 Å². The molecule has 0 aliphatic carbocycles. The van der Waals surface area contributed by atoms with E-state index in [-0.39, 0.29) is 10.8 Å². The number of nitrogens with zero attached hydrogens (tertiary/aromatic N) is 4. The monoisotopic (exact) mass is 242 g/mol. The van der Waals surface area contributed by atoms with Gasteiger partial charge >= 0.3 is 0 Å². The molecular formula is C8H7ClN4O3. The fourth-order valence-electron chi connectivity index (χ4n) is 1.27. The average Bonchev–Trinajstić information content (AvgIpc) is 2.59. The fraction of sp³-hybridized carbons (Fsp3) is 0.250. The maximum atomic E-state index is 10.2. The van der Waals surface area contributed by atoms with Crippen molar-refractivity contribution in [1.29, 1.82) is 0 Å². The van der Waals surface area contributed by atoms with Crippen LogP contribution < -0.4 is 0 Å². The highest BCUT2D eigenvalue weighted by atomic mass is 35.5. The first-order valence-corrected chi connectivity index (χ1v) is 4.76. The molecule has 0 spiro atoms. The Kier molecular flexibility index (Phi) is 2.71. The highest BCUT2D eigenvalue weighted by Gasteiger charge is 2.17. The molecule has 0 aromatic carbocycles. The lowest BCUT2D eigenvalue weighted by molar-refractivity contribution is -0.491. The van der Waals surface area contributed by atoms with Crippen LogP contribution in [0.2, 0.25) is 5.15 Å². The van der Waals surface area contributed by atoms with E-state index in [9.17, 15) is 15.2 Å². The molecule has 0 saturated heterocycles. The summed E-state index contributed by atoms with van der Waals surface area (Å²) in [6, 6.07) is 3.16. The topological polar surface area (TPSA) is 93.6 Å². The van der Waals surface area contributed by atoms with Gasteiger partial charge in [-0.3, -0.25) is 10.1 Å². The van der Waals surface area contributed by atoms with Gasteiger partial charge in [0.2, 0.25) is 6.54 Å². The van der Waals surface area contributed by atoms with E-state index in [2.05, 4.69) is 10.1 Å². The number of halogens is 1. The number of aromatic nitrogens is 3. The summed E-state index contributed by atoms with van der Waals surface area (Å²) in [6.07, 6.45) is 0.172. The van der Waals surface area contributed by atoms with Crippen molar-refractivity contribution >= 4 is 17.2 Å². The molecule has 0 fully saturated rings. The molecule has 8 heteroatoms. The highest BCUT2D eigenvalue weighted by molar-refractivity contribution is 6.29. The molecule has 0 aliphatic rings. The zero-order valence-corrected chi connectivity index (χ0v) is 8.70. The molecule has 2 rings (SSSR count). The number of rotatable bonds is 3. The van der Waals surface area contributed by atoms with Crippen LogP contribution in [0.4, 0.5) is 0 Å². The zero-order valence-electron chi connectivity index (χ0n) is 7.95. The van der Waals surface area contributed by atoms with Crippen LogP contribution in [0.5, 0.6) is 0 Å². The normalized spacial score (nSPS) is 12.9. The first-order chi connectivity index (χ1) is 7.56. The van der Waals surface area contributed by atoms with E-state index < -0.39 is 17.6 Å². The number of hydrogen-bond donors (Lipinski definition) is 1. The molecule has 0 saturated carbocycles. The SMILES string of the molecule is O=[N+]([O-])CC(O)c1cn2nc(Cl)ccc2n1. The molecule has 84 valence electrons. The van der Waals surface area contributed by atoms with Gasteiger partial charge < -0.3 is 5.11 Å². The third-order valence-electron chi connectivity index (χ3n) is 1.97. The van der Waals surface area contributed by atoms with Crippen molar-refractivity contribution < 1.29 is 10.0 Å². The Bertz CT molecular complexity index is 541. The molecule has 0 amide bonds. The van der Waals surface area contributed by atoms with E-state index >= 15 is 0 Å². The molecule has 16 heavy (non-hydrogen) atoms. The number of aliphatic hydroxyl groups excluding tert-OH is 1. The third-order valence-corrected chi connectivity index (χ3v) is 2.17. The van der Waals surface area contributed by atoms with E-state index in [0.29, 0.717) is 5.65 Å². The lowest BCUT2D eigenvalue weighted by Gasteiger charge is -1.99. The van der Waals surface area contributed by atoms with Crippen LogP contribution in [-0.4, -0.2) is 31.2 Å². The van der Waals surface area contributed by atoms with E-state index in [1.807, 2.05) is 0 Å². The first kappa shape index (κ1) is 10.8. The van der Waals surface area contributed by atoms with Gasteiger partial charge in [0, 0.05) is 4.92 Å². The number of imidazole rings is 1. The van der Waals surface area contributed by atoms with E-state index in [1.54, 1.807) is 12.1 Å². The predicted octanol–water partition coefficient (Wildman–Crippen LogP) is 0.693. The second kappa shape index (κ2) is 4.03. The smallest absolute Gasteiger partial charge is 0.235 e. The molecule has 2 aromatic rings. The lowest BCUT2D eigenvalue weighted by Crippen LogP contribution is -2.11. The lowest BCUT2D eigenvalue weighted by atomic mass is 10.3. The zero-order chi connectivity index (χ0) is 11.7. The van der Waals surface area contributed by atoms with Crippen molar-refractivity contribution in [3.63, 3.8) is 0 Å². The average molecular weight is 243 g/mol. The Morgan fingerprint density at radius 2 is 2.38 bits per heavy atom. The molecule has 1 N–H and O–H groups in total. The first-order valence-electron chi connectivity index (χ1n) is 4.38. The molecule has 1 unspecified atom stereocenters. The van der Waals surface area contributed by atoms with Gasteiger partial charge in [0.15, 0.2) is 11.8 Å². The van der Waals surface area contributed by atoms with Crippen LogP contribution in [0.15, 0.2) is 18.3 Å². The summed E-state index contributed by atoms with van der Waals surface area (Å²) < 4.78 is 1.36. The number of aliphatic hydroxyl groups is 1. The van der Waals surface area contributed by atoms with Crippen LogP contribution in [0.25, 0.3) is 5.65 Å². The second-order valence-electron chi connectivity index (χ2n) is 3.16. The minimum absolute atomic E-state index is 0.200. The van der Waals surface area contributed by atoms with Gasteiger partial charge in [-0.15, -0.1) is 0 Å². The molecule has 2 heterocycles. The largest absolute Gasteiger partial charge is 0.380 e. The Labute approximate surface area is 94.4 Å². The van der Waals surface area contributed by atoms with Gasteiger partial charge in [-0.25, -0.2) is 9.50 Å². The van der Waals surface area contributed by atoms with Crippen LogP contribution in [0.3, 0.4) is 0 Å². The minimum atomic E-state index is -1.24. The van der Waals surface area contributed by atoms with Gasteiger partial charge in [-0.1, -0.05) is 11.6 Å². The third kappa shape index (κ3) is 2.10. The summed E-state index contributed by atoms with van der Waals surface area (Å²) >= 11 is 5.66. The molecule has 1 atom stereocenters. The van der Waals surface area contributed by atoms with E-state index in [4.69, 9.17) is 11.6 Å². The molecule has 2 aromatic heterocycles. The van der Waals surface area contributed by atoms with Crippen molar-refractivity contribution in [2.24, 2.45) is 0 Å². The highest BCUT2D eigenvalue weighted by Crippen LogP contribution is 2.14. The Morgan fingerprint density at radius 1 is 1.62 bits per heavy atom. The quantitative estimate of drug-likeness (QED) is 0.631. The van der Waals surface area contributed by atoms with Crippen LogP contribution in [0, 0.1) is 10.1 Å². The Morgan fingerprint density at radius 3 is 3.06 bits per heavy atom. The Hall–Kier alpha value is -1.73. The van der Waals surface area contributed by atoms with Crippen LogP contribution in [0.1, 0.15) is 11.8 Å². The Balaban J connectivity index is 2.35. The van der Waals surface area contributed by atoms with Crippen molar-refractivity contribution in [1.82, 2.24) is 14.6 Å². The van der Waals surface area contributed by atoms with Gasteiger partial charge in [-0.05, 0) is 12.1 Å². The summed E-state index contributed by atoms with van der Waals surface area (Å²) in [5.41, 5.74) is 0.674. The van der Waals surface area contributed by atoms with Crippen molar-refractivity contribution in [2.45, 2.75) is 6.10 Å². The minimum Gasteiger partial charge on any atom is -0.380 e. The summed E-state index contributed by atoms with van der Waals surface area (Å²) in [7, 11) is 0. The molecular weight excluding hydrogens is 236 g/mol. The maximum absolute atomic E-state index is 10.2. The predicted molar refractivity (Wildman–Crippen MR) is 54.8 cm³/mol. The van der Waals surface area contributed by atoms with E-state index in [0.717, 1.165) is 0 Å². The molecule has 7 nitrogen and oxygen atoms in total. The van der Waals surface area contributed by atoms with Crippen LogP contribution in [-0.2, 0) is 0 Å². The van der Waals surface area contributed by atoms with Gasteiger partial charge in [0.25, 0.3) is 0 Å². The summed E-state index contributed by atoms with van der Waals surface area (Å²) in [6.45, 7) is -0.586. The number of fused-ring (bicyclic) bond motifs is 1. The second-order valence-corrected chi connectivity index (χ2v) is 3.54. The maximum Gasteiger partial charge on any atom is 0.235 e. The van der Waals surface area contributed by atoms with Crippen molar-refractivity contribution in [3.05, 3.63) is 39.3 Å². The van der Waals surface area contributed by atoms with Gasteiger partial charge in [0.05, 0.1) is 11.9 Å². The molecule has 0 aliphatic heterocycles. The molecule has 0 bridgehead atoms. The van der Waals surface area contributed by atoms with Gasteiger partial charge in [-0.2, -0.15) is 5.10 Å². The van der Waals surface area contributed by atoms with Crippen molar-refractivity contribution in [3.8, 4) is 0 Å². The van der Waals surface area contributed by atoms with E-state index in [1.165, 1.54) is 10.7 Å². The summed E-state index contributed by atoms with van der Waals surface area (Å²) in [5.74, 6) is 0. The summed E-state index contributed by atoms with van der Waals surface area (Å²) in [4.78, 5) is 13.6. The number of hydrogen-bond acceptors (Lipinski definition) is 5. The standard InChI is InChI=1S/C8H7ClN4O3/c9-7-1-2-8-10-5(3-12(8)11-7)6(14)4-13(15)16/h1-3,6,14H,4H2. The van der Waals surface area contributed by atoms with Gasteiger partial charge in [0.1, 0.15) is 5.15 Å².